The lowest BCUT2D eigenvalue weighted by atomic mass is 9.95. The van der Waals surface area contributed by atoms with Crippen molar-refractivity contribution in [1.82, 2.24) is 9.88 Å². The summed E-state index contributed by atoms with van der Waals surface area (Å²) in [5.74, 6) is -1.13. The van der Waals surface area contributed by atoms with Crippen molar-refractivity contribution in [3.8, 4) is 5.00 Å². The van der Waals surface area contributed by atoms with Crippen LogP contribution in [-0.4, -0.2) is 27.4 Å². The van der Waals surface area contributed by atoms with Crippen LogP contribution in [-0.2, 0) is 22.4 Å². The van der Waals surface area contributed by atoms with E-state index in [2.05, 4.69) is 15.2 Å². The van der Waals surface area contributed by atoms with Gasteiger partial charge in [-0.25, -0.2) is 0 Å². The maximum atomic E-state index is 13.8. The van der Waals surface area contributed by atoms with E-state index < -0.39 is 11.8 Å². The number of fused-ring (bicyclic) bond motifs is 1. The van der Waals surface area contributed by atoms with Crippen LogP contribution in [0.15, 0.2) is 60.2 Å². The Bertz CT molecular complexity index is 1850. The maximum absolute atomic E-state index is 13.8. The van der Waals surface area contributed by atoms with Gasteiger partial charge in [0.05, 0.1) is 11.3 Å². The van der Waals surface area contributed by atoms with Crippen molar-refractivity contribution in [1.29, 1.82) is 0 Å². The second kappa shape index (κ2) is 11.4. The van der Waals surface area contributed by atoms with E-state index in [1.807, 2.05) is 82.3 Å². The molecule has 3 amide bonds. The summed E-state index contributed by atoms with van der Waals surface area (Å²) in [6, 6.07) is 17.1. The molecular formula is C34H32N4O3S2. The molecule has 0 atom stereocenters. The highest BCUT2D eigenvalue weighted by molar-refractivity contribution is 7.80. The van der Waals surface area contributed by atoms with Gasteiger partial charge in [-0.05, 0) is 118 Å². The Labute approximate surface area is 260 Å². The molecule has 6 rings (SSSR count). The minimum atomic E-state index is -0.532. The van der Waals surface area contributed by atoms with Gasteiger partial charge in [-0.15, -0.1) is 11.3 Å². The molecular weight excluding hydrogens is 577 g/mol. The Balaban J connectivity index is 1.42. The third-order valence-electron chi connectivity index (χ3n) is 8.30. The Kier molecular flexibility index (Phi) is 7.62. The van der Waals surface area contributed by atoms with E-state index in [-0.39, 0.29) is 16.6 Å². The van der Waals surface area contributed by atoms with Crippen molar-refractivity contribution in [3.63, 3.8) is 0 Å². The molecule has 0 bridgehead atoms. The zero-order valence-electron chi connectivity index (χ0n) is 24.5. The third kappa shape index (κ3) is 5.13. The topological polar surface area (TPSA) is 83.4 Å². The molecule has 1 aliphatic carbocycles. The summed E-state index contributed by atoms with van der Waals surface area (Å²) >= 11 is 7.09. The fourth-order valence-electron chi connectivity index (χ4n) is 5.91. The van der Waals surface area contributed by atoms with Gasteiger partial charge in [0.15, 0.2) is 5.11 Å². The van der Waals surface area contributed by atoms with Gasteiger partial charge >= 0.3 is 0 Å². The highest BCUT2D eigenvalue weighted by Gasteiger charge is 2.36. The number of hydrogen-bond acceptors (Lipinski definition) is 5. The first-order valence-corrected chi connectivity index (χ1v) is 15.6. The number of amides is 3. The first kappa shape index (κ1) is 28.8. The fourth-order valence-corrected chi connectivity index (χ4v) is 7.69. The molecule has 3 heterocycles. The van der Waals surface area contributed by atoms with E-state index >= 15 is 0 Å². The van der Waals surface area contributed by atoms with Gasteiger partial charge in [-0.3, -0.25) is 24.6 Å². The van der Waals surface area contributed by atoms with Crippen LogP contribution in [0.25, 0.3) is 11.1 Å². The van der Waals surface area contributed by atoms with Crippen LogP contribution in [0.1, 0.15) is 61.7 Å². The van der Waals surface area contributed by atoms with Crippen molar-refractivity contribution < 1.29 is 14.4 Å². The predicted octanol–water partition coefficient (Wildman–Crippen LogP) is 6.73. The van der Waals surface area contributed by atoms with E-state index in [0.717, 1.165) is 70.0 Å². The number of carbonyl (C=O) groups excluding carboxylic acids is 3. The van der Waals surface area contributed by atoms with E-state index in [4.69, 9.17) is 12.2 Å². The third-order valence-corrected chi connectivity index (χ3v) is 9.86. The van der Waals surface area contributed by atoms with Crippen LogP contribution < -0.4 is 15.5 Å². The maximum Gasteiger partial charge on any atom is 0.270 e. The SMILES string of the molecule is Cc1cccc(N2C(=O)/C(=C/c3cc(C)n(-c4sc5c(c4C(=O)Nc4ccccc4)CCCC5)c3C)C(=O)NC2=S)c1C. The number of nitrogens with one attached hydrogen (secondary N) is 2. The number of benzene rings is 2. The van der Waals surface area contributed by atoms with Crippen LogP contribution in [0.3, 0.4) is 0 Å². The van der Waals surface area contributed by atoms with Crippen LogP contribution in [0, 0.1) is 27.7 Å². The molecule has 43 heavy (non-hydrogen) atoms. The van der Waals surface area contributed by atoms with Crippen LogP contribution in [0.5, 0.6) is 0 Å². The van der Waals surface area contributed by atoms with Crippen LogP contribution >= 0.6 is 23.6 Å². The molecule has 4 aromatic rings. The predicted molar refractivity (Wildman–Crippen MR) is 176 cm³/mol. The molecule has 9 heteroatoms. The molecule has 0 radical (unpaired) electrons. The summed E-state index contributed by atoms with van der Waals surface area (Å²) < 4.78 is 2.08. The molecule has 1 aliphatic heterocycles. The number of aryl methyl sites for hydroxylation is 3. The van der Waals surface area contributed by atoms with Gasteiger partial charge in [0.1, 0.15) is 10.6 Å². The molecule has 218 valence electrons. The molecule has 2 aliphatic rings. The smallest absolute Gasteiger partial charge is 0.270 e. The summed E-state index contributed by atoms with van der Waals surface area (Å²) in [7, 11) is 0. The number of aromatic nitrogens is 1. The zero-order valence-corrected chi connectivity index (χ0v) is 26.2. The Morgan fingerprint density at radius 3 is 2.51 bits per heavy atom. The largest absolute Gasteiger partial charge is 0.322 e. The molecule has 1 fully saturated rings. The number of hydrogen-bond donors (Lipinski definition) is 2. The lowest BCUT2D eigenvalue weighted by Gasteiger charge is -2.30. The molecule has 7 nitrogen and oxygen atoms in total. The normalized spacial score (nSPS) is 16.0. The second-order valence-electron chi connectivity index (χ2n) is 11.0. The van der Waals surface area contributed by atoms with E-state index in [1.54, 1.807) is 17.4 Å². The van der Waals surface area contributed by atoms with Gasteiger partial charge in [0.25, 0.3) is 17.7 Å². The van der Waals surface area contributed by atoms with Crippen molar-refractivity contribution in [2.24, 2.45) is 0 Å². The standard InChI is InChI=1S/C34H32N4O3S2/c1-19-11-10-15-27(21(19)3)38-32(41)26(30(39)36-34(38)42)18-23-17-20(2)37(22(23)4)33-29(25-14-8-9-16-28(25)43-33)31(40)35-24-12-6-5-7-13-24/h5-7,10-13,15,17-18H,8-9,14,16H2,1-4H3,(H,35,40)(H,36,39,42)/b26-18+. The summed E-state index contributed by atoms with van der Waals surface area (Å²) in [6.45, 7) is 7.83. The minimum Gasteiger partial charge on any atom is -0.322 e. The number of nitrogens with zero attached hydrogens (tertiary/aromatic N) is 2. The summed E-state index contributed by atoms with van der Waals surface area (Å²) in [4.78, 5) is 43.3. The van der Waals surface area contributed by atoms with Crippen LogP contribution in [0.2, 0.25) is 0 Å². The van der Waals surface area contributed by atoms with Crippen LogP contribution in [0.4, 0.5) is 11.4 Å². The van der Waals surface area contributed by atoms with Crippen molar-refractivity contribution in [2.45, 2.75) is 53.4 Å². The average molecular weight is 609 g/mol. The molecule has 0 unspecified atom stereocenters. The van der Waals surface area contributed by atoms with Gasteiger partial charge in [0.2, 0.25) is 0 Å². The highest BCUT2D eigenvalue weighted by atomic mass is 32.1. The number of rotatable bonds is 5. The fraction of sp³-hybridized carbons (Fsp3) is 0.235. The summed E-state index contributed by atoms with van der Waals surface area (Å²) in [5, 5.41) is 6.71. The van der Waals surface area contributed by atoms with Crippen molar-refractivity contribution >= 4 is 63.8 Å². The highest BCUT2D eigenvalue weighted by Crippen LogP contribution is 2.39. The quantitative estimate of drug-likeness (QED) is 0.149. The molecule has 2 N–H and O–H groups in total. The van der Waals surface area contributed by atoms with E-state index in [9.17, 15) is 14.4 Å². The monoisotopic (exact) mass is 608 g/mol. The van der Waals surface area contributed by atoms with Gasteiger partial charge in [-0.1, -0.05) is 30.3 Å². The zero-order chi connectivity index (χ0) is 30.4. The van der Waals surface area contributed by atoms with Crippen molar-refractivity contribution in [3.05, 3.63) is 104 Å². The average Bonchev–Trinajstić information content (AvgIpc) is 3.49. The first-order chi connectivity index (χ1) is 20.7. The summed E-state index contributed by atoms with van der Waals surface area (Å²) in [5.41, 5.74) is 7.60. The van der Waals surface area contributed by atoms with Gasteiger partial charge in [-0.2, -0.15) is 0 Å². The number of thiocarbonyl (C=S) groups is 1. The van der Waals surface area contributed by atoms with Gasteiger partial charge < -0.3 is 9.88 Å². The molecule has 1 saturated heterocycles. The Hall–Kier alpha value is -4.34. The lowest BCUT2D eigenvalue weighted by molar-refractivity contribution is -0.122. The molecule has 0 saturated carbocycles. The Morgan fingerprint density at radius 2 is 1.74 bits per heavy atom. The van der Waals surface area contributed by atoms with Gasteiger partial charge in [0, 0.05) is 22.0 Å². The molecule has 2 aromatic heterocycles. The number of para-hydroxylation sites is 1. The van der Waals surface area contributed by atoms with E-state index in [1.165, 1.54) is 9.78 Å². The summed E-state index contributed by atoms with van der Waals surface area (Å²) in [6.07, 6.45) is 5.59. The van der Waals surface area contributed by atoms with E-state index in [0.29, 0.717) is 11.3 Å². The minimum absolute atomic E-state index is 0.00211. The lowest BCUT2D eigenvalue weighted by Crippen LogP contribution is -2.54. The second-order valence-corrected chi connectivity index (χ2v) is 12.5. The Morgan fingerprint density at radius 1 is 1.00 bits per heavy atom. The molecule has 2 aromatic carbocycles. The number of thiophene rings is 1. The van der Waals surface area contributed by atoms with Crippen molar-refractivity contribution in [2.75, 3.05) is 10.2 Å². The number of anilines is 2. The first-order valence-electron chi connectivity index (χ1n) is 14.3. The molecule has 0 spiro atoms. The number of carbonyl (C=O) groups is 3.